The second-order valence-corrected chi connectivity index (χ2v) is 8.21. The van der Waals surface area contributed by atoms with Crippen LogP contribution in [0.3, 0.4) is 0 Å². The molecule has 1 aliphatic rings. The molecular formula is C19H22N2O3S. The van der Waals surface area contributed by atoms with Crippen molar-refractivity contribution in [2.75, 3.05) is 17.1 Å². The molecule has 0 fully saturated rings. The van der Waals surface area contributed by atoms with E-state index in [9.17, 15) is 13.2 Å². The van der Waals surface area contributed by atoms with Gasteiger partial charge in [-0.25, -0.2) is 8.42 Å². The van der Waals surface area contributed by atoms with Gasteiger partial charge in [0.15, 0.2) is 0 Å². The monoisotopic (exact) mass is 358 g/mol. The van der Waals surface area contributed by atoms with Gasteiger partial charge >= 0.3 is 0 Å². The molecule has 0 saturated carbocycles. The van der Waals surface area contributed by atoms with Gasteiger partial charge in [-0.05, 0) is 36.6 Å². The highest BCUT2D eigenvalue weighted by Crippen LogP contribution is 2.24. The molecule has 2 aromatic rings. The summed E-state index contributed by atoms with van der Waals surface area (Å²) in [5.74, 6) is -0.177. The number of anilines is 1. The van der Waals surface area contributed by atoms with Crippen molar-refractivity contribution >= 4 is 21.6 Å². The molecule has 1 atom stereocenters. The zero-order chi connectivity index (χ0) is 18.0. The molecule has 1 heterocycles. The number of rotatable bonds is 4. The largest absolute Gasteiger partial charge is 0.336 e. The summed E-state index contributed by atoms with van der Waals surface area (Å²) in [5.41, 5.74) is 2.88. The molecule has 3 rings (SSSR count). The van der Waals surface area contributed by atoms with E-state index < -0.39 is 16.1 Å². The minimum absolute atomic E-state index is 0.177. The van der Waals surface area contributed by atoms with E-state index in [4.69, 9.17) is 0 Å². The van der Waals surface area contributed by atoms with Gasteiger partial charge in [0.2, 0.25) is 15.9 Å². The third kappa shape index (κ3) is 3.69. The lowest BCUT2D eigenvalue weighted by Crippen LogP contribution is -2.50. The van der Waals surface area contributed by atoms with Crippen molar-refractivity contribution in [3.8, 4) is 0 Å². The molecule has 6 heteroatoms. The number of hydrogen-bond acceptors (Lipinski definition) is 3. The summed E-state index contributed by atoms with van der Waals surface area (Å²) in [6.07, 6.45) is 1.92. The van der Waals surface area contributed by atoms with Gasteiger partial charge in [0, 0.05) is 13.1 Å². The highest BCUT2D eigenvalue weighted by Gasteiger charge is 2.33. The normalized spacial score (nSPS) is 15.4. The van der Waals surface area contributed by atoms with Crippen LogP contribution in [-0.2, 0) is 27.8 Å². The number of nitrogens with zero attached hydrogens (tertiary/aromatic N) is 2. The number of carbonyl (C=O) groups is 1. The first-order chi connectivity index (χ1) is 11.9. The Kier molecular flexibility index (Phi) is 4.81. The molecule has 1 aliphatic heterocycles. The minimum atomic E-state index is -3.58. The van der Waals surface area contributed by atoms with Crippen molar-refractivity contribution in [1.82, 2.24) is 4.90 Å². The maximum atomic E-state index is 13.0. The average Bonchev–Trinajstić information content (AvgIpc) is 2.60. The number of amides is 1. The van der Waals surface area contributed by atoms with Crippen LogP contribution < -0.4 is 4.31 Å². The quantitative estimate of drug-likeness (QED) is 0.843. The van der Waals surface area contributed by atoms with Crippen molar-refractivity contribution in [1.29, 1.82) is 0 Å². The average molecular weight is 358 g/mol. The molecule has 2 aromatic carbocycles. The second kappa shape index (κ2) is 6.88. The summed E-state index contributed by atoms with van der Waals surface area (Å²) in [7, 11) is -3.58. The maximum Gasteiger partial charge on any atom is 0.246 e. The lowest BCUT2D eigenvalue weighted by molar-refractivity contribution is -0.132. The number of sulfonamides is 1. The van der Waals surface area contributed by atoms with Gasteiger partial charge < -0.3 is 4.90 Å². The Hall–Kier alpha value is -2.34. The number of para-hydroxylation sites is 1. The Morgan fingerprint density at radius 1 is 1.04 bits per heavy atom. The molecule has 5 nitrogen and oxygen atoms in total. The lowest BCUT2D eigenvalue weighted by Gasteiger charge is -2.35. The van der Waals surface area contributed by atoms with Crippen molar-refractivity contribution in [2.24, 2.45) is 0 Å². The van der Waals surface area contributed by atoms with E-state index in [-0.39, 0.29) is 5.91 Å². The molecule has 0 aliphatic carbocycles. The fourth-order valence-corrected chi connectivity index (χ4v) is 4.49. The van der Waals surface area contributed by atoms with E-state index in [0.717, 1.165) is 18.2 Å². The highest BCUT2D eigenvalue weighted by molar-refractivity contribution is 7.92. The molecular weight excluding hydrogens is 336 g/mol. The standard InChI is InChI=1S/C19H22N2O3S/c1-15(21(25(2,23)24)18-10-4-3-5-11-18)19(22)20-13-12-16-8-6-7-9-17(16)14-20/h3-11,15H,12-14H2,1-2H3/t15-/m0/s1. The van der Waals surface area contributed by atoms with Crippen LogP contribution in [0.5, 0.6) is 0 Å². The summed E-state index contributed by atoms with van der Waals surface area (Å²) in [6, 6.07) is 16.0. The molecule has 0 saturated heterocycles. The summed E-state index contributed by atoms with van der Waals surface area (Å²) in [6.45, 7) is 2.77. The van der Waals surface area contributed by atoms with Gasteiger partial charge in [0.05, 0.1) is 11.9 Å². The van der Waals surface area contributed by atoms with Crippen LogP contribution in [0.15, 0.2) is 54.6 Å². The predicted molar refractivity (Wildman–Crippen MR) is 98.8 cm³/mol. The highest BCUT2D eigenvalue weighted by atomic mass is 32.2. The third-order valence-corrected chi connectivity index (χ3v) is 5.76. The van der Waals surface area contributed by atoms with Crippen LogP contribution >= 0.6 is 0 Å². The van der Waals surface area contributed by atoms with E-state index in [0.29, 0.717) is 18.8 Å². The lowest BCUT2D eigenvalue weighted by atomic mass is 9.99. The SMILES string of the molecule is C[C@@H](C(=O)N1CCc2ccccc2C1)N(c1ccccc1)S(C)(=O)=O. The van der Waals surface area contributed by atoms with Gasteiger partial charge in [0.1, 0.15) is 6.04 Å². The van der Waals surface area contributed by atoms with Gasteiger partial charge in [-0.3, -0.25) is 9.10 Å². The topological polar surface area (TPSA) is 57.7 Å². The van der Waals surface area contributed by atoms with Gasteiger partial charge in [-0.2, -0.15) is 0 Å². The Morgan fingerprint density at radius 2 is 1.64 bits per heavy atom. The zero-order valence-corrected chi connectivity index (χ0v) is 15.2. The predicted octanol–water partition coefficient (Wildman–Crippen LogP) is 2.43. The van der Waals surface area contributed by atoms with Crippen LogP contribution in [0.1, 0.15) is 18.1 Å². The number of benzene rings is 2. The molecule has 0 spiro atoms. The second-order valence-electron chi connectivity index (χ2n) is 6.35. The van der Waals surface area contributed by atoms with E-state index >= 15 is 0 Å². The first kappa shape index (κ1) is 17.5. The third-order valence-electron chi connectivity index (χ3n) is 4.52. The summed E-state index contributed by atoms with van der Waals surface area (Å²) >= 11 is 0. The van der Waals surface area contributed by atoms with Gasteiger partial charge in [0.25, 0.3) is 0 Å². The fourth-order valence-electron chi connectivity index (χ4n) is 3.33. The number of fused-ring (bicyclic) bond motifs is 1. The van der Waals surface area contributed by atoms with Crippen LogP contribution in [0, 0.1) is 0 Å². The fraction of sp³-hybridized carbons (Fsp3) is 0.316. The number of hydrogen-bond donors (Lipinski definition) is 0. The molecule has 132 valence electrons. The zero-order valence-electron chi connectivity index (χ0n) is 14.4. The molecule has 0 N–H and O–H groups in total. The molecule has 0 bridgehead atoms. The maximum absolute atomic E-state index is 13.0. The summed E-state index contributed by atoms with van der Waals surface area (Å²) < 4.78 is 25.8. The van der Waals surface area contributed by atoms with Crippen LogP contribution in [0.25, 0.3) is 0 Å². The molecule has 0 aromatic heterocycles. The molecule has 0 unspecified atom stereocenters. The van der Waals surface area contributed by atoms with Crippen molar-refractivity contribution < 1.29 is 13.2 Å². The van der Waals surface area contributed by atoms with Crippen molar-refractivity contribution in [3.63, 3.8) is 0 Å². The van der Waals surface area contributed by atoms with Gasteiger partial charge in [-0.15, -0.1) is 0 Å². The van der Waals surface area contributed by atoms with E-state index in [1.807, 2.05) is 24.3 Å². The summed E-state index contributed by atoms with van der Waals surface area (Å²) in [5, 5.41) is 0. The Bertz CT molecular complexity index is 865. The Morgan fingerprint density at radius 3 is 2.28 bits per heavy atom. The Balaban J connectivity index is 1.86. The van der Waals surface area contributed by atoms with Crippen molar-refractivity contribution in [3.05, 3.63) is 65.7 Å². The van der Waals surface area contributed by atoms with Crippen LogP contribution in [0.4, 0.5) is 5.69 Å². The smallest absolute Gasteiger partial charge is 0.246 e. The molecule has 0 radical (unpaired) electrons. The van der Waals surface area contributed by atoms with Crippen LogP contribution in [-0.4, -0.2) is 38.1 Å². The first-order valence-electron chi connectivity index (χ1n) is 8.28. The minimum Gasteiger partial charge on any atom is -0.336 e. The van der Waals surface area contributed by atoms with Crippen molar-refractivity contribution in [2.45, 2.75) is 25.9 Å². The first-order valence-corrected chi connectivity index (χ1v) is 10.1. The Labute approximate surface area is 148 Å². The summed E-state index contributed by atoms with van der Waals surface area (Å²) in [4.78, 5) is 14.7. The van der Waals surface area contributed by atoms with E-state index in [1.54, 1.807) is 36.1 Å². The van der Waals surface area contributed by atoms with E-state index in [1.165, 1.54) is 9.87 Å². The molecule has 25 heavy (non-hydrogen) atoms. The number of carbonyl (C=O) groups excluding carboxylic acids is 1. The van der Waals surface area contributed by atoms with Gasteiger partial charge in [-0.1, -0.05) is 42.5 Å². The van der Waals surface area contributed by atoms with Crippen LogP contribution in [0.2, 0.25) is 0 Å². The van der Waals surface area contributed by atoms with E-state index in [2.05, 4.69) is 6.07 Å². The molecule has 1 amide bonds.